The van der Waals surface area contributed by atoms with Crippen molar-refractivity contribution in [2.45, 2.75) is 0 Å². The van der Waals surface area contributed by atoms with Gasteiger partial charge >= 0.3 is 15.9 Å². The van der Waals surface area contributed by atoms with Crippen LogP contribution >= 0.6 is 8.25 Å². The molecule has 0 aromatic rings. The molecule has 6 heteroatoms. The molecular formula is H3BNO3P+. The van der Waals surface area contributed by atoms with E-state index in [0.29, 0.717) is 7.62 Å². The smallest absolute Gasteiger partial charge is 0.343 e. The number of nitrogens with two attached hydrogens (primary N) is 1. The molecule has 0 spiro atoms. The largest absolute Gasteiger partial charge is 0.679 e. The Morgan fingerprint density at radius 2 is 2.50 bits per heavy atom. The lowest BCUT2D eigenvalue weighted by Crippen LogP contribution is -2.04. The summed E-state index contributed by atoms with van der Waals surface area (Å²) in [7, 11) is -1.87. The molecule has 0 aliphatic carbocycles. The fraction of sp³-hybridized carbons (Fsp3) is 0. The first kappa shape index (κ1) is 6.04. The predicted molar refractivity (Wildman–Crippen MR) is 20.9 cm³/mol. The van der Waals surface area contributed by atoms with Crippen LogP contribution in [0.3, 0.4) is 0 Å². The van der Waals surface area contributed by atoms with Crippen LogP contribution in [-0.4, -0.2) is 12.5 Å². The standard InChI is InChI=1S/BH2NO3P/c2-1-5-6(3)4/h2H2/p+1. The van der Waals surface area contributed by atoms with Gasteiger partial charge in [0.2, 0.25) is 0 Å². The molecule has 0 fully saturated rings. The average molecular weight is 107 g/mol. The van der Waals surface area contributed by atoms with Crippen LogP contribution in [0.1, 0.15) is 0 Å². The molecule has 0 rings (SSSR count). The molecule has 6 heavy (non-hydrogen) atoms. The highest BCUT2D eigenvalue weighted by atomic mass is 31.1. The summed E-state index contributed by atoms with van der Waals surface area (Å²) >= 11 is 0. The summed E-state index contributed by atoms with van der Waals surface area (Å²) in [5, 5.41) is 0. The van der Waals surface area contributed by atoms with Gasteiger partial charge in [-0.15, -0.1) is 4.89 Å². The van der Waals surface area contributed by atoms with Gasteiger partial charge in [-0.3, -0.25) is 0 Å². The maximum Gasteiger partial charge on any atom is 0.679 e. The van der Waals surface area contributed by atoms with Crippen LogP contribution in [-0.2, 0) is 9.01 Å². The average Bonchev–Trinajstić information content (AvgIpc) is 1.35. The summed E-state index contributed by atoms with van der Waals surface area (Å²) in [5.74, 6) is 0. The molecule has 1 unspecified atom stereocenters. The highest BCUT2D eigenvalue weighted by Crippen LogP contribution is 2.10. The van der Waals surface area contributed by atoms with Crippen molar-refractivity contribution in [2.75, 3.05) is 0 Å². The molecule has 0 saturated heterocycles. The molecule has 0 amide bonds. The lowest BCUT2D eigenvalue weighted by atomic mass is 10.4. The summed E-state index contributed by atoms with van der Waals surface area (Å²) in [6.07, 6.45) is 0. The van der Waals surface area contributed by atoms with E-state index in [2.05, 4.69) is 10.1 Å². The number of hydrogen-bond acceptors (Lipinski definition) is 3. The molecule has 0 aliphatic rings. The molecule has 1 atom stereocenters. The molecule has 3 N–H and O–H groups in total. The van der Waals surface area contributed by atoms with Crippen LogP contribution in [0.4, 0.5) is 0 Å². The number of rotatable bonds is 2. The molecule has 33 valence electrons. The van der Waals surface area contributed by atoms with E-state index in [1.807, 2.05) is 0 Å². The van der Waals surface area contributed by atoms with E-state index in [9.17, 15) is 4.57 Å². The van der Waals surface area contributed by atoms with Crippen molar-refractivity contribution >= 4 is 15.9 Å². The molecular weight excluding hydrogens is 104 g/mol. The van der Waals surface area contributed by atoms with E-state index in [-0.39, 0.29) is 0 Å². The third-order valence-corrected chi connectivity index (χ3v) is 0.453. The van der Waals surface area contributed by atoms with Crippen molar-refractivity contribution in [1.29, 1.82) is 0 Å². The van der Waals surface area contributed by atoms with E-state index >= 15 is 0 Å². The highest BCUT2D eigenvalue weighted by molar-refractivity contribution is 7.33. The molecule has 0 heterocycles. The van der Waals surface area contributed by atoms with Gasteiger partial charge < -0.3 is 5.64 Å². The van der Waals surface area contributed by atoms with Gasteiger partial charge in [-0.1, -0.05) is 0 Å². The van der Waals surface area contributed by atoms with Crippen LogP contribution in [0.2, 0.25) is 0 Å². The maximum absolute atomic E-state index is 9.41. The SMILES string of the molecule is N[B]O[P+](=O)O. The van der Waals surface area contributed by atoms with E-state index in [1.165, 1.54) is 0 Å². The summed E-state index contributed by atoms with van der Waals surface area (Å²) in [6, 6.07) is 0. The summed E-state index contributed by atoms with van der Waals surface area (Å²) in [6.45, 7) is 0. The van der Waals surface area contributed by atoms with Crippen molar-refractivity contribution < 1.29 is 13.9 Å². The van der Waals surface area contributed by atoms with E-state index in [4.69, 9.17) is 4.89 Å². The van der Waals surface area contributed by atoms with E-state index < -0.39 is 8.25 Å². The van der Waals surface area contributed by atoms with Crippen molar-refractivity contribution in [2.24, 2.45) is 5.64 Å². The number of hydrogen-bond donors (Lipinski definition) is 2. The normalized spacial score (nSPS) is 10.7. The Morgan fingerprint density at radius 1 is 2.00 bits per heavy atom. The van der Waals surface area contributed by atoms with Crippen LogP contribution in [0.25, 0.3) is 0 Å². The lowest BCUT2D eigenvalue weighted by molar-refractivity contribution is 0.420. The Balaban J connectivity index is 2.83. The first-order chi connectivity index (χ1) is 2.77. The summed E-state index contributed by atoms with van der Waals surface area (Å²) in [5.41, 5.74) is 4.54. The van der Waals surface area contributed by atoms with Crippen molar-refractivity contribution in [3.05, 3.63) is 0 Å². The third-order valence-electron chi connectivity index (χ3n) is 0.151. The van der Waals surface area contributed by atoms with Gasteiger partial charge in [0.25, 0.3) is 0 Å². The highest BCUT2D eigenvalue weighted by Gasteiger charge is 2.08. The second-order valence-corrected chi connectivity index (χ2v) is 1.17. The van der Waals surface area contributed by atoms with Crippen LogP contribution in [0.15, 0.2) is 0 Å². The zero-order chi connectivity index (χ0) is 4.99. The second-order valence-electron chi connectivity index (χ2n) is 0.479. The third kappa shape index (κ3) is 4.04. The molecule has 0 aliphatic heterocycles. The monoisotopic (exact) mass is 107 g/mol. The van der Waals surface area contributed by atoms with Gasteiger partial charge in [-0.2, -0.15) is 4.44 Å². The first-order valence-electron chi connectivity index (χ1n) is 1.13. The molecule has 1 radical (unpaired) electrons. The van der Waals surface area contributed by atoms with Crippen molar-refractivity contribution in [3.8, 4) is 0 Å². The second kappa shape index (κ2) is 3.24. The zero-order valence-electron chi connectivity index (χ0n) is 2.87. The Bertz CT molecular complexity index is 54.8. The molecule has 0 saturated carbocycles. The molecule has 0 bridgehead atoms. The molecule has 4 nitrogen and oxygen atoms in total. The Kier molecular flexibility index (Phi) is 3.27. The lowest BCUT2D eigenvalue weighted by Gasteiger charge is -1.65. The minimum absolute atomic E-state index is 0.665. The van der Waals surface area contributed by atoms with Gasteiger partial charge in [-0.05, 0) is 0 Å². The fourth-order valence-corrected chi connectivity index (χ4v) is 0.156. The summed E-state index contributed by atoms with van der Waals surface area (Å²) in [4.78, 5) is 7.73. The van der Waals surface area contributed by atoms with Crippen LogP contribution < -0.4 is 5.64 Å². The van der Waals surface area contributed by atoms with E-state index in [1.54, 1.807) is 0 Å². The molecule has 0 aromatic carbocycles. The van der Waals surface area contributed by atoms with E-state index in [0.717, 1.165) is 0 Å². The Morgan fingerprint density at radius 3 is 2.50 bits per heavy atom. The summed E-state index contributed by atoms with van der Waals surface area (Å²) < 4.78 is 13.2. The topological polar surface area (TPSA) is 72.5 Å². The van der Waals surface area contributed by atoms with Gasteiger partial charge in [0.15, 0.2) is 0 Å². The minimum Gasteiger partial charge on any atom is -0.343 e. The Hall–Kier alpha value is 0.0449. The quantitative estimate of drug-likeness (QED) is 0.355. The van der Waals surface area contributed by atoms with Crippen LogP contribution in [0.5, 0.6) is 0 Å². The predicted octanol–water partition coefficient (Wildman–Crippen LogP) is -0.854. The minimum atomic E-state index is -2.53. The Labute approximate surface area is 36.5 Å². The fourth-order valence-electron chi connectivity index (χ4n) is 0.0521. The van der Waals surface area contributed by atoms with Crippen LogP contribution in [0, 0.1) is 0 Å². The van der Waals surface area contributed by atoms with Crippen molar-refractivity contribution in [3.63, 3.8) is 0 Å². The van der Waals surface area contributed by atoms with Gasteiger partial charge in [0.05, 0.1) is 0 Å². The molecule has 0 aromatic heterocycles. The first-order valence-corrected chi connectivity index (χ1v) is 2.26. The van der Waals surface area contributed by atoms with Crippen molar-refractivity contribution in [1.82, 2.24) is 0 Å². The van der Waals surface area contributed by atoms with Gasteiger partial charge in [-0.25, -0.2) is 0 Å². The zero-order valence-corrected chi connectivity index (χ0v) is 3.76. The maximum atomic E-state index is 9.41. The van der Waals surface area contributed by atoms with Gasteiger partial charge in [0.1, 0.15) is 0 Å². The van der Waals surface area contributed by atoms with Gasteiger partial charge in [0, 0.05) is 4.57 Å².